The largest absolute Gasteiger partial charge is 0.336 e. The number of hydrogen-bond donors (Lipinski definition) is 1. The topological polar surface area (TPSA) is 59.2 Å². The van der Waals surface area contributed by atoms with Gasteiger partial charge >= 0.3 is 0 Å². The molecule has 2 heterocycles. The van der Waals surface area contributed by atoms with Crippen molar-refractivity contribution < 1.29 is 4.79 Å². The highest BCUT2D eigenvalue weighted by atomic mass is 35.5. The fraction of sp³-hybridized carbons (Fsp3) is 0.333. The Morgan fingerprint density at radius 2 is 2.15 bits per heavy atom. The summed E-state index contributed by atoms with van der Waals surface area (Å²) in [5, 5.41) is 1.59. The number of carbonyl (C=O) groups is 1. The molecule has 3 rings (SSSR count). The maximum Gasteiger partial charge on any atom is 0.272 e. The van der Waals surface area contributed by atoms with E-state index in [0.29, 0.717) is 17.3 Å². The molecule has 1 unspecified atom stereocenters. The Hall–Kier alpha value is -1.65. The third kappa shape index (κ3) is 2.62. The van der Waals surface area contributed by atoms with Gasteiger partial charge in [-0.3, -0.25) is 4.79 Å². The van der Waals surface area contributed by atoms with Crippen LogP contribution in [-0.4, -0.2) is 34.9 Å². The van der Waals surface area contributed by atoms with E-state index in [0.717, 1.165) is 30.3 Å². The molecule has 1 atom stereocenters. The van der Waals surface area contributed by atoms with Crippen LogP contribution in [0.5, 0.6) is 0 Å². The fourth-order valence-electron chi connectivity index (χ4n) is 2.57. The molecular weight excluding hydrogens is 274 g/mol. The maximum absolute atomic E-state index is 12.4. The van der Waals surface area contributed by atoms with Crippen molar-refractivity contribution in [1.82, 2.24) is 9.88 Å². The number of benzene rings is 1. The normalized spacial score (nSPS) is 19.3. The monoisotopic (exact) mass is 289 g/mol. The molecule has 0 aliphatic carbocycles. The molecule has 0 spiro atoms. The molecule has 0 bridgehead atoms. The smallest absolute Gasteiger partial charge is 0.272 e. The number of nitrogens with two attached hydrogens (primary N) is 1. The minimum absolute atomic E-state index is 0.0537. The van der Waals surface area contributed by atoms with Gasteiger partial charge in [0.1, 0.15) is 5.69 Å². The summed E-state index contributed by atoms with van der Waals surface area (Å²) in [6, 6.07) is 9.22. The highest BCUT2D eigenvalue weighted by Crippen LogP contribution is 2.19. The van der Waals surface area contributed by atoms with Gasteiger partial charge in [0.2, 0.25) is 0 Å². The first-order chi connectivity index (χ1) is 9.63. The lowest BCUT2D eigenvalue weighted by Gasteiger charge is -2.30. The van der Waals surface area contributed by atoms with E-state index in [4.69, 9.17) is 17.3 Å². The van der Waals surface area contributed by atoms with E-state index in [1.807, 2.05) is 18.2 Å². The first-order valence-electron chi connectivity index (χ1n) is 6.74. The summed E-state index contributed by atoms with van der Waals surface area (Å²) in [6.45, 7) is 1.36. The van der Waals surface area contributed by atoms with Crippen LogP contribution in [0.2, 0.25) is 5.02 Å². The molecular formula is C15H16ClN3O. The summed E-state index contributed by atoms with van der Waals surface area (Å²) < 4.78 is 0. The second-order valence-corrected chi connectivity index (χ2v) is 5.62. The Kier molecular flexibility index (Phi) is 3.59. The minimum Gasteiger partial charge on any atom is -0.336 e. The zero-order chi connectivity index (χ0) is 14.1. The van der Waals surface area contributed by atoms with Gasteiger partial charge in [0, 0.05) is 29.5 Å². The number of rotatable bonds is 1. The van der Waals surface area contributed by atoms with Crippen LogP contribution >= 0.6 is 11.6 Å². The van der Waals surface area contributed by atoms with Gasteiger partial charge in [-0.15, -0.1) is 0 Å². The zero-order valence-corrected chi connectivity index (χ0v) is 11.8. The predicted molar refractivity (Wildman–Crippen MR) is 79.9 cm³/mol. The van der Waals surface area contributed by atoms with Gasteiger partial charge < -0.3 is 10.6 Å². The Morgan fingerprint density at radius 3 is 2.95 bits per heavy atom. The number of amides is 1. The lowest BCUT2D eigenvalue weighted by atomic mass is 10.1. The number of carbonyl (C=O) groups excluding carboxylic acids is 1. The quantitative estimate of drug-likeness (QED) is 0.877. The Balaban J connectivity index is 1.91. The van der Waals surface area contributed by atoms with Crippen LogP contribution in [0.3, 0.4) is 0 Å². The van der Waals surface area contributed by atoms with Crippen LogP contribution in [0.4, 0.5) is 0 Å². The average Bonchev–Trinajstić information content (AvgIpc) is 2.45. The Bertz CT molecular complexity index is 659. The van der Waals surface area contributed by atoms with E-state index in [1.54, 1.807) is 17.0 Å². The number of pyridine rings is 1. The molecule has 104 valence electrons. The first kappa shape index (κ1) is 13.3. The van der Waals surface area contributed by atoms with Gasteiger partial charge in [0.05, 0.1) is 5.52 Å². The van der Waals surface area contributed by atoms with Crippen LogP contribution in [0.25, 0.3) is 10.9 Å². The molecule has 1 amide bonds. The van der Waals surface area contributed by atoms with E-state index in [2.05, 4.69) is 4.98 Å². The third-order valence-corrected chi connectivity index (χ3v) is 3.85. The molecule has 2 N–H and O–H groups in total. The fourth-order valence-corrected chi connectivity index (χ4v) is 2.73. The highest BCUT2D eigenvalue weighted by Gasteiger charge is 2.23. The molecule has 1 saturated heterocycles. The lowest BCUT2D eigenvalue weighted by Crippen LogP contribution is -2.45. The number of nitrogens with zero attached hydrogens (tertiary/aromatic N) is 2. The van der Waals surface area contributed by atoms with Crippen molar-refractivity contribution >= 4 is 28.4 Å². The molecule has 1 aromatic carbocycles. The Morgan fingerprint density at radius 1 is 1.35 bits per heavy atom. The van der Waals surface area contributed by atoms with E-state index in [9.17, 15) is 4.79 Å². The second-order valence-electron chi connectivity index (χ2n) is 5.19. The van der Waals surface area contributed by atoms with Crippen molar-refractivity contribution in [3.8, 4) is 0 Å². The molecule has 1 fully saturated rings. The van der Waals surface area contributed by atoms with Crippen molar-refractivity contribution in [1.29, 1.82) is 0 Å². The molecule has 4 nitrogen and oxygen atoms in total. The van der Waals surface area contributed by atoms with Gasteiger partial charge in [-0.1, -0.05) is 23.7 Å². The highest BCUT2D eigenvalue weighted by molar-refractivity contribution is 6.31. The van der Waals surface area contributed by atoms with Crippen molar-refractivity contribution in [2.45, 2.75) is 18.9 Å². The third-order valence-electron chi connectivity index (χ3n) is 3.62. The van der Waals surface area contributed by atoms with Crippen LogP contribution in [0.1, 0.15) is 23.3 Å². The minimum atomic E-state index is -0.0537. The van der Waals surface area contributed by atoms with E-state index in [-0.39, 0.29) is 11.9 Å². The van der Waals surface area contributed by atoms with E-state index in [1.165, 1.54) is 0 Å². The number of fused-ring (bicyclic) bond motifs is 1. The molecule has 20 heavy (non-hydrogen) atoms. The zero-order valence-electron chi connectivity index (χ0n) is 11.1. The van der Waals surface area contributed by atoms with Gasteiger partial charge in [0.15, 0.2) is 0 Å². The SMILES string of the molecule is NC1CCCN(C(=O)c2ccc3ccc(Cl)cc3n2)C1. The summed E-state index contributed by atoms with van der Waals surface area (Å²) >= 11 is 5.97. The van der Waals surface area contributed by atoms with Crippen molar-refractivity contribution in [3.63, 3.8) is 0 Å². The van der Waals surface area contributed by atoms with Crippen molar-refractivity contribution in [3.05, 3.63) is 41.0 Å². The van der Waals surface area contributed by atoms with Crippen molar-refractivity contribution in [2.24, 2.45) is 5.73 Å². The molecule has 5 heteroatoms. The summed E-state index contributed by atoms with van der Waals surface area (Å²) in [5.74, 6) is -0.0537. The molecule has 1 aromatic heterocycles. The number of aromatic nitrogens is 1. The number of halogens is 1. The molecule has 2 aromatic rings. The summed E-state index contributed by atoms with van der Waals surface area (Å²) in [5.41, 5.74) is 7.11. The van der Waals surface area contributed by atoms with Crippen LogP contribution in [0, 0.1) is 0 Å². The molecule has 1 aliphatic heterocycles. The average molecular weight is 290 g/mol. The number of likely N-dealkylation sites (tertiary alicyclic amines) is 1. The maximum atomic E-state index is 12.4. The van der Waals surface area contributed by atoms with Gasteiger partial charge in [-0.2, -0.15) is 0 Å². The molecule has 1 aliphatic rings. The van der Waals surface area contributed by atoms with Crippen molar-refractivity contribution in [2.75, 3.05) is 13.1 Å². The molecule has 0 radical (unpaired) electrons. The summed E-state index contributed by atoms with van der Waals surface area (Å²) in [7, 11) is 0. The van der Waals surface area contributed by atoms with Gasteiger partial charge in [-0.05, 0) is 31.0 Å². The van der Waals surface area contributed by atoms with E-state index < -0.39 is 0 Å². The number of piperidine rings is 1. The summed E-state index contributed by atoms with van der Waals surface area (Å²) in [4.78, 5) is 18.7. The van der Waals surface area contributed by atoms with Crippen LogP contribution in [-0.2, 0) is 0 Å². The lowest BCUT2D eigenvalue weighted by molar-refractivity contribution is 0.0703. The van der Waals surface area contributed by atoms with Crippen LogP contribution in [0.15, 0.2) is 30.3 Å². The van der Waals surface area contributed by atoms with Gasteiger partial charge in [-0.25, -0.2) is 4.98 Å². The van der Waals surface area contributed by atoms with Crippen LogP contribution < -0.4 is 5.73 Å². The van der Waals surface area contributed by atoms with E-state index >= 15 is 0 Å². The van der Waals surface area contributed by atoms with Gasteiger partial charge in [0.25, 0.3) is 5.91 Å². The predicted octanol–water partition coefficient (Wildman–Crippen LogP) is 2.45. The second kappa shape index (κ2) is 5.38. The summed E-state index contributed by atoms with van der Waals surface area (Å²) in [6.07, 6.45) is 1.93. The standard InChI is InChI=1S/C15H16ClN3O/c16-11-5-3-10-4-6-13(18-14(10)8-11)15(20)19-7-1-2-12(17)9-19/h3-6,8,12H,1-2,7,9,17H2. The first-order valence-corrected chi connectivity index (χ1v) is 7.12. The molecule has 0 saturated carbocycles. The Labute approximate surface area is 122 Å². The number of hydrogen-bond acceptors (Lipinski definition) is 3.